The van der Waals surface area contributed by atoms with E-state index in [0.717, 1.165) is 31.0 Å². The fourth-order valence-electron chi connectivity index (χ4n) is 3.45. The number of unbranched alkanes of at least 4 members (excludes halogenated alkanes) is 8. The Morgan fingerprint density at radius 3 is 2.21 bits per heavy atom. The summed E-state index contributed by atoms with van der Waals surface area (Å²) in [6.07, 6.45) is 11.0. The van der Waals surface area contributed by atoms with E-state index < -0.39 is 27.5 Å². The van der Waals surface area contributed by atoms with E-state index in [2.05, 4.69) is 18.8 Å². The SMILES string of the molecule is CCCCCCCCCCC#Cc1cn(S(=O)(=O)c2ccc(C)cc2)c(C(=O)OCC)c1F. The molecular formula is C26H34FNO4S. The van der Waals surface area contributed by atoms with Gasteiger partial charge in [-0.25, -0.2) is 21.6 Å². The number of halogens is 1. The normalized spacial score (nSPS) is 11.2. The molecule has 5 nitrogen and oxygen atoms in total. The maximum atomic E-state index is 15.1. The third-order valence-corrected chi connectivity index (χ3v) is 7.01. The molecule has 0 unspecified atom stereocenters. The first-order valence-electron chi connectivity index (χ1n) is 11.7. The lowest BCUT2D eigenvalue weighted by molar-refractivity contribution is 0.0512. The summed E-state index contributed by atoms with van der Waals surface area (Å²) in [5.74, 6) is 3.60. The van der Waals surface area contributed by atoms with Crippen LogP contribution in [0.3, 0.4) is 0 Å². The maximum Gasteiger partial charge on any atom is 0.359 e. The smallest absolute Gasteiger partial charge is 0.359 e. The largest absolute Gasteiger partial charge is 0.461 e. The molecule has 1 heterocycles. The zero-order chi connectivity index (χ0) is 24.3. The number of esters is 1. The summed E-state index contributed by atoms with van der Waals surface area (Å²) < 4.78 is 46.9. The third-order valence-electron chi connectivity index (χ3n) is 5.34. The van der Waals surface area contributed by atoms with Crippen LogP contribution in [-0.2, 0) is 14.8 Å². The second-order valence-electron chi connectivity index (χ2n) is 8.07. The summed E-state index contributed by atoms with van der Waals surface area (Å²) in [5, 5.41) is 0. The summed E-state index contributed by atoms with van der Waals surface area (Å²) in [5.41, 5.74) is 0.0906. The van der Waals surface area contributed by atoms with Crippen molar-refractivity contribution in [3.63, 3.8) is 0 Å². The van der Waals surface area contributed by atoms with Crippen LogP contribution in [0.4, 0.5) is 4.39 Å². The molecule has 1 aromatic heterocycles. The lowest BCUT2D eigenvalue weighted by atomic mass is 10.1. The molecular weight excluding hydrogens is 441 g/mol. The van der Waals surface area contributed by atoms with E-state index in [-0.39, 0.29) is 17.1 Å². The van der Waals surface area contributed by atoms with Gasteiger partial charge in [0.1, 0.15) is 0 Å². The first-order valence-corrected chi connectivity index (χ1v) is 13.2. The average Bonchev–Trinajstić information content (AvgIpc) is 3.12. The van der Waals surface area contributed by atoms with Crippen molar-refractivity contribution in [2.24, 2.45) is 0 Å². The monoisotopic (exact) mass is 475 g/mol. The zero-order valence-corrected chi connectivity index (χ0v) is 20.6. The summed E-state index contributed by atoms with van der Waals surface area (Å²) in [7, 11) is -4.20. The predicted molar refractivity (Wildman–Crippen MR) is 128 cm³/mol. The number of aryl methyl sites for hydroxylation is 1. The van der Waals surface area contributed by atoms with Crippen LogP contribution in [0.25, 0.3) is 0 Å². The van der Waals surface area contributed by atoms with E-state index in [9.17, 15) is 13.2 Å². The highest BCUT2D eigenvalue weighted by Gasteiger charge is 2.30. The number of rotatable bonds is 12. The van der Waals surface area contributed by atoms with Gasteiger partial charge in [-0.15, -0.1) is 0 Å². The van der Waals surface area contributed by atoms with Crippen molar-refractivity contribution < 1.29 is 22.3 Å². The van der Waals surface area contributed by atoms with Crippen molar-refractivity contribution in [1.82, 2.24) is 3.97 Å². The second-order valence-corrected chi connectivity index (χ2v) is 9.88. The molecule has 180 valence electrons. The fraction of sp³-hybridized carbons (Fsp3) is 0.500. The molecule has 0 spiro atoms. The third kappa shape index (κ3) is 7.46. The van der Waals surface area contributed by atoms with Gasteiger partial charge in [-0.1, -0.05) is 81.4 Å². The lowest BCUT2D eigenvalue weighted by Gasteiger charge is -2.10. The highest BCUT2D eigenvalue weighted by Crippen LogP contribution is 2.23. The van der Waals surface area contributed by atoms with Gasteiger partial charge in [0.25, 0.3) is 10.0 Å². The number of hydrogen-bond acceptors (Lipinski definition) is 4. The molecule has 0 aliphatic heterocycles. The summed E-state index contributed by atoms with van der Waals surface area (Å²) in [6.45, 7) is 5.59. The second kappa shape index (κ2) is 13.2. The van der Waals surface area contributed by atoms with Gasteiger partial charge in [-0.3, -0.25) is 0 Å². The van der Waals surface area contributed by atoms with Crippen molar-refractivity contribution in [3.05, 3.63) is 53.1 Å². The van der Waals surface area contributed by atoms with E-state index in [1.165, 1.54) is 44.2 Å². The number of aromatic nitrogens is 1. The van der Waals surface area contributed by atoms with Crippen LogP contribution in [0.15, 0.2) is 35.4 Å². The minimum Gasteiger partial charge on any atom is -0.461 e. The van der Waals surface area contributed by atoms with Gasteiger partial charge >= 0.3 is 5.97 Å². The topological polar surface area (TPSA) is 65.4 Å². The number of carbonyl (C=O) groups is 1. The summed E-state index contributed by atoms with van der Waals surface area (Å²) in [4.78, 5) is 12.3. The van der Waals surface area contributed by atoms with Gasteiger partial charge in [0.05, 0.1) is 17.1 Å². The van der Waals surface area contributed by atoms with Crippen LogP contribution in [-0.4, -0.2) is 25.0 Å². The molecule has 33 heavy (non-hydrogen) atoms. The zero-order valence-electron chi connectivity index (χ0n) is 19.8. The molecule has 7 heteroatoms. The van der Waals surface area contributed by atoms with Gasteiger partial charge in [-0.2, -0.15) is 0 Å². The summed E-state index contributed by atoms with van der Waals surface area (Å²) in [6, 6.07) is 6.12. The van der Waals surface area contributed by atoms with Crippen LogP contribution >= 0.6 is 0 Å². The lowest BCUT2D eigenvalue weighted by Crippen LogP contribution is -2.20. The van der Waals surface area contributed by atoms with Crippen molar-refractivity contribution >= 4 is 16.0 Å². The van der Waals surface area contributed by atoms with Crippen molar-refractivity contribution in [1.29, 1.82) is 0 Å². The van der Waals surface area contributed by atoms with Crippen LogP contribution in [0.1, 0.15) is 93.3 Å². The molecule has 2 aromatic rings. The molecule has 0 aliphatic rings. The van der Waals surface area contributed by atoms with Crippen LogP contribution in [0.5, 0.6) is 0 Å². The minimum absolute atomic E-state index is 0.00646. The maximum absolute atomic E-state index is 15.1. The van der Waals surface area contributed by atoms with Gasteiger partial charge in [0.15, 0.2) is 11.5 Å². The molecule has 2 rings (SSSR count). The Hall–Kier alpha value is -2.59. The Labute approximate surface area is 197 Å². The van der Waals surface area contributed by atoms with E-state index in [1.807, 2.05) is 6.92 Å². The molecule has 0 atom stereocenters. The van der Waals surface area contributed by atoms with E-state index in [0.29, 0.717) is 10.4 Å². The predicted octanol–water partition coefficient (Wildman–Crippen LogP) is 6.23. The molecule has 0 radical (unpaired) electrons. The highest BCUT2D eigenvalue weighted by molar-refractivity contribution is 7.90. The highest BCUT2D eigenvalue weighted by atomic mass is 32.2. The Kier molecular flexibility index (Phi) is 10.7. The van der Waals surface area contributed by atoms with Gasteiger partial charge in [0.2, 0.25) is 0 Å². The van der Waals surface area contributed by atoms with Crippen molar-refractivity contribution in [2.75, 3.05) is 6.61 Å². The molecule has 1 aromatic carbocycles. The molecule has 0 saturated carbocycles. The van der Waals surface area contributed by atoms with Crippen molar-refractivity contribution in [2.45, 2.75) is 83.5 Å². The van der Waals surface area contributed by atoms with Crippen molar-refractivity contribution in [3.8, 4) is 11.8 Å². The van der Waals surface area contributed by atoms with Crippen LogP contribution in [0, 0.1) is 24.6 Å². The summed E-state index contributed by atoms with van der Waals surface area (Å²) >= 11 is 0. The Bertz CT molecular complexity index is 1080. The standard InChI is InChI=1S/C26H34FNO4S/c1-4-6-7-8-9-10-11-12-13-14-15-22-20-28(25(24(22)27)26(29)32-5-2)33(30,31)23-18-16-21(3)17-19-23/h16-20H,4-13H2,1-3H3. The van der Waals surface area contributed by atoms with Gasteiger partial charge < -0.3 is 4.74 Å². The van der Waals surface area contributed by atoms with Gasteiger partial charge in [0, 0.05) is 12.6 Å². The van der Waals surface area contributed by atoms with Crippen LogP contribution in [0.2, 0.25) is 0 Å². The molecule has 0 N–H and O–H groups in total. The molecule has 0 saturated heterocycles. The van der Waals surface area contributed by atoms with E-state index in [1.54, 1.807) is 19.1 Å². The number of nitrogens with zero attached hydrogens (tertiary/aromatic N) is 1. The fourth-order valence-corrected chi connectivity index (χ4v) is 4.79. The molecule has 0 fully saturated rings. The Morgan fingerprint density at radius 2 is 1.61 bits per heavy atom. The molecule has 0 bridgehead atoms. The van der Waals surface area contributed by atoms with E-state index >= 15 is 4.39 Å². The van der Waals surface area contributed by atoms with Crippen LogP contribution < -0.4 is 0 Å². The quantitative estimate of drug-likeness (QED) is 0.207. The van der Waals surface area contributed by atoms with Gasteiger partial charge in [-0.05, 0) is 32.4 Å². The first-order chi connectivity index (χ1) is 15.8. The number of hydrogen-bond donors (Lipinski definition) is 0. The minimum atomic E-state index is -4.20. The molecule has 0 amide bonds. The molecule has 0 aliphatic carbocycles. The first kappa shape index (κ1) is 26.7. The Balaban J connectivity index is 2.17. The Morgan fingerprint density at radius 1 is 1.00 bits per heavy atom. The van der Waals surface area contributed by atoms with E-state index in [4.69, 9.17) is 4.74 Å². The number of benzene rings is 1. The number of carbonyl (C=O) groups excluding carboxylic acids is 1. The number of ether oxygens (including phenoxy) is 1. The average molecular weight is 476 g/mol.